The predicted octanol–water partition coefficient (Wildman–Crippen LogP) is 3.86. The first kappa shape index (κ1) is 17.2. The van der Waals surface area contributed by atoms with Gasteiger partial charge >= 0.3 is 0 Å². The van der Waals surface area contributed by atoms with Gasteiger partial charge < -0.3 is 15.8 Å². The molecule has 0 radical (unpaired) electrons. The number of amides is 1. The van der Waals surface area contributed by atoms with Crippen molar-refractivity contribution in [3.8, 4) is 22.7 Å². The van der Waals surface area contributed by atoms with Crippen molar-refractivity contribution in [2.75, 3.05) is 18.2 Å². The predicted molar refractivity (Wildman–Crippen MR) is 113 cm³/mol. The highest BCUT2D eigenvalue weighted by molar-refractivity contribution is 6.22. The Morgan fingerprint density at radius 3 is 2.69 bits per heavy atom. The summed E-state index contributed by atoms with van der Waals surface area (Å²) in [4.78, 5) is 22.2. The van der Waals surface area contributed by atoms with Crippen LogP contribution in [0, 0.1) is 13.8 Å². The van der Waals surface area contributed by atoms with Gasteiger partial charge in [0.1, 0.15) is 17.9 Å². The van der Waals surface area contributed by atoms with Crippen LogP contribution in [0.25, 0.3) is 28.0 Å². The number of nitrogens with two attached hydrogens (primary N) is 1. The summed E-state index contributed by atoms with van der Waals surface area (Å²) in [5.74, 6) is 0.793. The number of ether oxygens (including phenoxy) is 1. The minimum absolute atomic E-state index is 0.273. The normalized spacial score (nSPS) is 12.4. The molecule has 2 aromatic carbocycles. The molecule has 0 saturated carbocycles. The van der Waals surface area contributed by atoms with Crippen LogP contribution in [0.1, 0.15) is 21.5 Å². The van der Waals surface area contributed by atoms with E-state index in [-0.39, 0.29) is 5.91 Å². The summed E-state index contributed by atoms with van der Waals surface area (Å²) in [6.45, 7) is 3.96. The van der Waals surface area contributed by atoms with Crippen molar-refractivity contribution in [3.63, 3.8) is 0 Å². The van der Waals surface area contributed by atoms with Gasteiger partial charge in [0.15, 0.2) is 5.65 Å². The van der Waals surface area contributed by atoms with Crippen molar-refractivity contribution in [2.45, 2.75) is 13.8 Å². The summed E-state index contributed by atoms with van der Waals surface area (Å²) in [5, 5.41) is 3.61. The summed E-state index contributed by atoms with van der Waals surface area (Å²) in [7, 11) is 1.63. The summed E-state index contributed by atoms with van der Waals surface area (Å²) < 4.78 is 7.33. The number of aromatic nitrogens is 3. The molecule has 1 amide bonds. The fourth-order valence-electron chi connectivity index (χ4n) is 4.16. The van der Waals surface area contributed by atoms with Gasteiger partial charge in [-0.15, -0.1) is 0 Å². The molecule has 144 valence electrons. The molecule has 3 heterocycles. The molecule has 0 unspecified atom stereocenters. The Hall–Kier alpha value is -3.87. The van der Waals surface area contributed by atoms with E-state index in [4.69, 9.17) is 10.5 Å². The zero-order valence-corrected chi connectivity index (χ0v) is 16.3. The maximum absolute atomic E-state index is 13.1. The number of anilines is 2. The molecule has 0 atom stereocenters. The van der Waals surface area contributed by atoms with Crippen LogP contribution in [-0.2, 0) is 0 Å². The average molecular weight is 385 g/mol. The molecule has 3 N–H and O–H groups in total. The third kappa shape index (κ3) is 2.27. The van der Waals surface area contributed by atoms with Crippen LogP contribution in [0.3, 0.4) is 0 Å². The summed E-state index contributed by atoms with van der Waals surface area (Å²) >= 11 is 0. The first-order chi connectivity index (χ1) is 14.0. The van der Waals surface area contributed by atoms with Gasteiger partial charge in [0.25, 0.3) is 5.91 Å². The van der Waals surface area contributed by atoms with E-state index in [1.807, 2.05) is 54.8 Å². The van der Waals surface area contributed by atoms with Gasteiger partial charge in [-0.25, -0.2) is 9.97 Å². The summed E-state index contributed by atoms with van der Waals surface area (Å²) in [5.41, 5.74) is 12.5. The number of benzene rings is 2. The van der Waals surface area contributed by atoms with Crippen molar-refractivity contribution in [3.05, 3.63) is 59.4 Å². The SMILES string of the molecule is COc1ccc(C)c(-n2c(N)c3c4c(ncnc42)-c2ccccc2NC3=O)c1C. The fraction of sp³-hybridized carbons (Fsp3) is 0.136. The highest BCUT2D eigenvalue weighted by atomic mass is 16.5. The standard InChI is InChI=1S/C22H19N5O2/c1-11-8-9-15(29-3)12(2)19(11)27-20(23)17-16-18(24-10-25-21(16)27)13-6-4-5-7-14(13)26-22(17)28/h4-10H,23H2,1-3H3,(H,26,28). The number of hydrogen-bond acceptors (Lipinski definition) is 5. The van der Waals surface area contributed by atoms with Gasteiger partial charge in [-0.3, -0.25) is 9.36 Å². The van der Waals surface area contributed by atoms with Crippen molar-refractivity contribution in [1.29, 1.82) is 0 Å². The Labute approximate surface area is 167 Å². The molecule has 7 heteroatoms. The molecular formula is C22H19N5O2. The van der Waals surface area contributed by atoms with Crippen LogP contribution in [0.4, 0.5) is 11.5 Å². The van der Waals surface area contributed by atoms with E-state index in [0.717, 1.165) is 28.1 Å². The third-order valence-corrected chi connectivity index (χ3v) is 5.47. The van der Waals surface area contributed by atoms with E-state index in [2.05, 4.69) is 15.3 Å². The molecular weight excluding hydrogens is 366 g/mol. The number of carbonyl (C=O) groups is 1. The molecule has 4 aromatic rings. The number of nitrogens with one attached hydrogen (secondary N) is 1. The fourth-order valence-corrected chi connectivity index (χ4v) is 4.16. The molecule has 5 rings (SSSR count). The molecule has 7 nitrogen and oxygen atoms in total. The Kier molecular flexibility index (Phi) is 3.61. The zero-order valence-electron chi connectivity index (χ0n) is 16.3. The first-order valence-corrected chi connectivity index (χ1v) is 9.23. The van der Waals surface area contributed by atoms with Crippen LogP contribution in [0.15, 0.2) is 42.7 Å². The van der Waals surface area contributed by atoms with Crippen LogP contribution >= 0.6 is 0 Å². The van der Waals surface area contributed by atoms with Crippen molar-refractivity contribution in [1.82, 2.24) is 14.5 Å². The highest BCUT2D eigenvalue weighted by Crippen LogP contribution is 2.42. The van der Waals surface area contributed by atoms with Crippen molar-refractivity contribution < 1.29 is 9.53 Å². The highest BCUT2D eigenvalue weighted by Gasteiger charge is 2.30. The van der Waals surface area contributed by atoms with Crippen LogP contribution in [-0.4, -0.2) is 27.6 Å². The Morgan fingerprint density at radius 1 is 1.10 bits per heavy atom. The zero-order chi connectivity index (χ0) is 20.3. The summed E-state index contributed by atoms with van der Waals surface area (Å²) in [6.07, 6.45) is 1.51. The van der Waals surface area contributed by atoms with Crippen molar-refractivity contribution >= 4 is 28.4 Å². The molecule has 1 aliphatic rings. The van der Waals surface area contributed by atoms with E-state index < -0.39 is 0 Å². The molecule has 29 heavy (non-hydrogen) atoms. The van der Waals surface area contributed by atoms with Crippen molar-refractivity contribution in [2.24, 2.45) is 0 Å². The molecule has 0 aliphatic carbocycles. The lowest BCUT2D eigenvalue weighted by molar-refractivity contribution is 0.102. The lowest BCUT2D eigenvalue weighted by Gasteiger charge is -2.17. The van der Waals surface area contributed by atoms with Crippen LogP contribution in [0.5, 0.6) is 5.75 Å². The van der Waals surface area contributed by atoms with Gasteiger partial charge in [-0.2, -0.15) is 0 Å². The number of para-hydroxylation sites is 1. The van der Waals surface area contributed by atoms with Gasteiger partial charge in [0.2, 0.25) is 0 Å². The minimum atomic E-state index is -0.273. The van der Waals surface area contributed by atoms with Gasteiger partial charge in [0.05, 0.1) is 35.1 Å². The number of fused-ring (bicyclic) bond motifs is 2. The maximum atomic E-state index is 13.1. The van der Waals surface area contributed by atoms with E-state index in [9.17, 15) is 4.79 Å². The van der Waals surface area contributed by atoms with Gasteiger partial charge in [-0.05, 0) is 31.5 Å². The van der Waals surface area contributed by atoms with E-state index in [1.54, 1.807) is 7.11 Å². The lowest BCUT2D eigenvalue weighted by Crippen LogP contribution is -2.14. The molecule has 0 spiro atoms. The number of carbonyl (C=O) groups excluding carboxylic acids is 1. The number of nitrogen functional groups attached to an aromatic ring is 1. The lowest BCUT2D eigenvalue weighted by atomic mass is 10.1. The van der Waals surface area contributed by atoms with E-state index >= 15 is 0 Å². The number of rotatable bonds is 2. The minimum Gasteiger partial charge on any atom is -0.496 e. The quantitative estimate of drug-likeness (QED) is 0.546. The molecule has 0 fully saturated rings. The maximum Gasteiger partial charge on any atom is 0.260 e. The monoisotopic (exact) mass is 385 g/mol. The van der Waals surface area contributed by atoms with Crippen LogP contribution in [0.2, 0.25) is 0 Å². The Morgan fingerprint density at radius 2 is 1.90 bits per heavy atom. The van der Waals surface area contributed by atoms with Gasteiger partial charge in [0, 0.05) is 11.1 Å². The van der Waals surface area contributed by atoms with Crippen LogP contribution < -0.4 is 15.8 Å². The molecule has 0 saturated heterocycles. The number of nitrogens with zero attached hydrogens (tertiary/aromatic N) is 3. The largest absolute Gasteiger partial charge is 0.496 e. The second-order valence-corrected chi connectivity index (χ2v) is 7.07. The Bertz CT molecular complexity index is 1320. The Balaban J connectivity index is 1.95. The van der Waals surface area contributed by atoms with E-state index in [1.165, 1.54) is 6.33 Å². The van der Waals surface area contributed by atoms with E-state index in [0.29, 0.717) is 33.8 Å². The third-order valence-electron chi connectivity index (χ3n) is 5.47. The smallest absolute Gasteiger partial charge is 0.260 e. The number of hydrogen-bond donors (Lipinski definition) is 2. The van der Waals surface area contributed by atoms with Gasteiger partial charge in [-0.1, -0.05) is 24.3 Å². The average Bonchev–Trinajstić information content (AvgIpc) is 2.93. The number of methoxy groups -OCH3 is 1. The molecule has 0 bridgehead atoms. The summed E-state index contributed by atoms with van der Waals surface area (Å²) in [6, 6.07) is 11.5. The second-order valence-electron chi connectivity index (χ2n) is 7.07. The molecule has 1 aliphatic heterocycles. The topological polar surface area (TPSA) is 95.1 Å². The second kappa shape index (κ2) is 6.07. The molecule has 2 aromatic heterocycles. The number of aryl methyl sites for hydroxylation is 1. The first-order valence-electron chi connectivity index (χ1n) is 9.23.